The van der Waals surface area contributed by atoms with Crippen LogP contribution < -0.4 is 4.74 Å². The number of ether oxygens (including phenoxy) is 2. The predicted molar refractivity (Wildman–Crippen MR) is 103 cm³/mol. The minimum Gasteiger partial charge on any atom is -0.481 e. The maximum atomic E-state index is 12.2. The number of aliphatic hydroxyl groups is 2. The van der Waals surface area contributed by atoms with E-state index in [0.29, 0.717) is 42.0 Å². The van der Waals surface area contributed by atoms with Crippen LogP contribution in [0, 0.1) is 5.92 Å². The van der Waals surface area contributed by atoms with E-state index in [-0.39, 0.29) is 5.92 Å². The molecule has 1 fully saturated rings. The van der Waals surface area contributed by atoms with Crippen molar-refractivity contribution in [2.75, 3.05) is 20.2 Å². The Morgan fingerprint density at radius 2 is 2.04 bits per heavy atom. The zero-order valence-corrected chi connectivity index (χ0v) is 16.6. The fourth-order valence-electron chi connectivity index (χ4n) is 3.38. The van der Waals surface area contributed by atoms with Crippen molar-refractivity contribution in [3.63, 3.8) is 0 Å². The summed E-state index contributed by atoms with van der Waals surface area (Å²) in [4.78, 5) is 22.4. The molecule has 0 radical (unpaired) electrons. The van der Waals surface area contributed by atoms with E-state index in [1.165, 1.54) is 7.11 Å². The molecule has 8 nitrogen and oxygen atoms in total. The molecule has 0 bridgehead atoms. The number of nitrogens with zero attached hydrogens (tertiary/aromatic N) is 3. The first-order valence-electron chi connectivity index (χ1n) is 9.33. The Morgan fingerprint density at radius 3 is 2.71 bits per heavy atom. The van der Waals surface area contributed by atoms with Crippen LogP contribution in [-0.4, -0.2) is 63.1 Å². The van der Waals surface area contributed by atoms with Crippen LogP contribution in [0.25, 0.3) is 11.0 Å². The van der Waals surface area contributed by atoms with E-state index in [2.05, 4.69) is 9.97 Å². The Balaban J connectivity index is 1.76. The molecule has 1 aliphatic rings. The van der Waals surface area contributed by atoms with Gasteiger partial charge in [0.1, 0.15) is 11.7 Å². The lowest BCUT2D eigenvalue weighted by Gasteiger charge is -2.26. The first-order valence-corrected chi connectivity index (χ1v) is 9.33. The number of aliphatic hydroxyl groups excluding tert-OH is 2. The Kier molecular flexibility index (Phi) is 5.71. The lowest BCUT2D eigenvalue weighted by atomic mass is 9.92. The summed E-state index contributed by atoms with van der Waals surface area (Å²) in [6.45, 7) is 6.24. The van der Waals surface area contributed by atoms with Crippen molar-refractivity contribution in [1.29, 1.82) is 0 Å². The molecule has 2 aromatic rings. The molecule has 8 heteroatoms. The van der Waals surface area contributed by atoms with Gasteiger partial charge in [-0.05, 0) is 39.3 Å². The van der Waals surface area contributed by atoms with E-state index in [1.54, 1.807) is 29.3 Å². The van der Waals surface area contributed by atoms with Gasteiger partial charge < -0.3 is 24.6 Å². The van der Waals surface area contributed by atoms with E-state index >= 15 is 0 Å². The Labute approximate surface area is 164 Å². The monoisotopic (exact) mass is 389 g/mol. The molecule has 0 saturated carbocycles. The predicted octanol–water partition coefficient (Wildman–Crippen LogP) is 2.29. The van der Waals surface area contributed by atoms with Gasteiger partial charge in [-0.1, -0.05) is 0 Å². The van der Waals surface area contributed by atoms with E-state index in [9.17, 15) is 15.0 Å². The largest absolute Gasteiger partial charge is 0.481 e. The normalized spacial score (nSPS) is 19.5. The van der Waals surface area contributed by atoms with Crippen LogP contribution in [-0.2, 0) is 4.74 Å². The minimum atomic E-state index is -1.16. The van der Waals surface area contributed by atoms with Gasteiger partial charge in [-0.25, -0.2) is 9.78 Å². The van der Waals surface area contributed by atoms with Crippen molar-refractivity contribution in [1.82, 2.24) is 14.9 Å². The molecular formula is C20H27N3O5. The average Bonchev–Trinajstić information content (AvgIpc) is 3.15. The summed E-state index contributed by atoms with van der Waals surface area (Å²) in [5.74, 6) is 0.136. The number of pyridine rings is 2. The lowest BCUT2D eigenvalue weighted by molar-refractivity contribution is -0.0172. The number of methoxy groups -OCH3 is 1. The number of hydrogen-bond acceptors (Lipinski definition) is 7. The standard InChI is InChI=1S/C20H27N3O5/c1-20(2,3)28-19(26)23-10-8-12(11-23)17(24)18(25)13-7-9-21-14-5-6-15(27-4)22-16(13)14/h5-7,9,12,17-18,24-25H,8,10-11H2,1-4H3/t12?,17-,18-/m1/s1. The Hall–Kier alpha value is -2.45. The highest BCUT2D eigenvalue weighted by Crippen LogP contribution is 2.32. The molecule has 3 heterocycles. The second kappa shape index (κ2) is 7.89. The Morgan fingerprint density at radius 1 is 1.29 bits per heavy atom. The first-order chi connectivity index (χ1) is 13.2. The second-order valence-corrected chi connectivity index (χ2v) is 8.03. The molecule has 1 unspecified atom stereocenters. The van der Waals surface area contributed by atoms with Crippen LogP contribution in [0.4, 0.5) is 4.79 Å². The van der Waals surface area contributed by atoms with Crippen molar-refractivity contribution in [2.24, 2.45) is 5.92 Å². The number of rotatable bonds is 4. The van der Waals surface area contributed by atoms with Crippen LogP contribution in [0.15, 0.2) is 24.4 Å². The highest BCUT2D eigenvalue weighted by molar-refractivity contribution is 5.78. The number of carbonyl (C=O) groups excluding carboxylic acids is 1. The lowest BCUT2D eigenvalue weighted by Crippen LogP contribution is -2.37. The molecule has 3 atom stereocenters. The molecule has 2 N–H and O–H groups in total. The SMILES string of the molecule is COc1ccc2nccc([C@@H](O)[C@H](O)C3CCN(C(=O)OC(C)(C)C)C3)c2n1. The van der Waals surface area contributed by atoms with E-state index in [1.807, 2.05) is 20.8 Å². The third kappa shape index (κ3) is 4.34. The third-order valence-electron chi connectivity index (χ3n) is 4.80. The maximum absolute atomic E-state index is 12.2. The Bertz CT molecular complexity index is 851. The van der Waals surface area contributed by atoms with Gasteiger partial charge in [0.15, 0.2) is 0 Å². The van der Waals surface area contributed by atoms with E-state index in [4.69, 9.17) is 9.47 Å². The number of aromatic nitrogens is 2. The average molecular weight is 389 g/mol. The van der Waals surface area contributed by atoms with Gasteiger partial charge in [-0.3, -0.25) is 4.98 Å². The fraction of sp³-hybridized carbons (Fsp3) is 0.550. The zero-order chi connectivity index (χ0) is 20.5. The van der Waals surface area contributed by atoms with Crippen molar-refractivity contribution < 1.29 is 24.5 Å². The topological polar surface area (TPSA) is 105 Å². The maximum Gasteiger partial charge on any atom is 0.410 e. The summed E-state index contributed by atoms with van der Waals surface area (Å²) in [6, 6.07) is 5.09. The van der Waals surface area contributed by atoms with Crippen LogP contribution >= 0.6 is 0 Å². The summed E-state index contributed by atoms with van der Waals surface area (Å²) in [5.41, 5.74) is 0.988. The highest BCUT2D eigenvalue weighted by Gasteiger charge is 2.37. The second-order valence-electron chi connectivity index (χ2n) is 8.03. The molecule has 28 heavy (non-hydrogen) atoms. The van der Waals surface area contributed by atoms with Crippen LogP contribution in [0.3, 0.4) is 0 Å². The molecular weight excluding hydrogens is 362 g/mol. The number of amides is 1. The molecule has 1 amide bonds. The number of fused-ring (bicyclic) bond motifs is 1. The van der Waals surface area contributed by atoms with Crippen molar-refractivity contribution in [3.05, 3.63) is 30.0 Å². The third-order valence-corrected chi connectivity index (χ3v) is 4.80. The molecule has 3 rings (SSSR count). The molecule has 1 saturated heterocycles. The molecule has 1 aliphatic heterocycles. The molecule has 0 aromatic carbocycles. The van der Waals surface area contributed by atoms with Gasteiger partial charge in [-0.2, -0.15) is 0 Å². The molecule has 0 spiro atoms. The van der Waals surface area contributed by atoms with Gasteiger partial charge in [0.2, 0.25) is 5.88 Å². The smallest absolute Gasteiger partial charge is 0.410 e. The quantitative estimate of drug-likeness (QED) is 0.826. The zero-order valence-electron chi connectivity index (χ0n) is 16.6. The summed E-state index contributed by atoms with van der Waals surface area (Å²) in [6.07, 6.45) is -0.460. The highest BCUT2D eigenvalue weighted by atomic mass is 16.6. The van der Waals surface area contributed by atoms with Gasteiger partial charge in [0, 0.05) is 36.8 Å². The van der Waals surface area contributed by atoms with Gasteiger partial charge in [0.25, 0.3) is 0 Å². The van der Waals surface area contributed by atoms with Crippen molar-refractivity contribution in [2.45, 2.75) is 45.0 Å². The van der Waals surface area contributed by atoms with E-state index in [0.717, 1.165) is 0 Å². The summed E-state index contributed by atoms with van der Waals surface area (Å²) in [5, 5.41) is 21.6. The van der Waals surface area contributed by atoms with E-state index < -0.39 is 23.9 Å². The summed E-state index contributed by atoms with van der Waals surface area (Å²) >= 11 is 0. The molecule has 152 valence electrons. The number of likely N-dealkylation sites (tertiary alicyclic amines) is 1. The van der Waals surface area contributed by atoms with Gasteiger partial charge >= 0.3 is 6.09 Å². The fourth-order valence-corrected chi connectivity index (χ4v) is 3.38. The van der Waals surface area contributed by atoms with Crippen molar-refractivity contribution in [3.8, 4) is 5.88 Å². The molecule has 2 aromatic heterocycles. The number of carbonyl (C=O) groups is 1. The summed E-state index contributed by atoms with van der Waals surface area (Å²) < 4.78 is 10.5. The van der Waals surface area contributed by atoms with Crippen LogP contribution in [0.5, 0.6) is 5.88 Å². The first kappa shape index (κ1) is 20.3. The summed E-state index contributed by atoms with van der Waals surface area (Å²) in [7, 11) is 1.51. The van der Waals surface area contributed by atoms with Gasteiger partial charge in [-0.15, -0.1) is 0 Å². The number of hydrogen-bond donors (Lipinski definition) is 2. The van der Waals surface area contributed by atoms with Crippen molar-refractivity contribution >= 4 is 17.1 Å². The van der Waals surface area contributed by atoms with Crippen LogP contribution in [0.2, 0.25) is 0 Å². The minimum absolute atomic E-state index is 0.267. The molecule has 0 aliphatic carbocycles. The van der Waals surface area contributed by atoms with Crippen LogP contribution in [0.1, 0.15) is 38.9 Å². The van der Waals surface area contributed by atoms with Gasteiger partial charge in [0.05, 0.1) is 24.2 Å².